The van der Waals surface area contributed by atoms with Gasteiger partial charge in [-0.25, -0.2) is 0 Å². The summed E-state index contributed by atoms with van der Waals surface area (Å²) < 4.78 is 4.99. The first-order valence-corrected chi connectivity index (χ1v) is 5.16. The Morgan fingerprint density at radius 1 is 0.938 bits per heavy atom. The second-order valence-electron chi connectivity index (χ2n) is 3.73. The summed E-state index contributed by atoms with van der Waals surface area (Å²) in [5.74, 6) is 0.537. The molecule has 0 saturated heterocycles. The fraction of sp³-hybridized carbons (Fsp3) is 0.231. The van der Waals surface area contributed by atoms with Crippen molar-refractivity contribution < 1.29 is 4.74 Å². The molecule has 0 atom stereocenters. The second-order valence-corrected chi connectivity index (χ2v) is 3.73. The maximum atomic E-state index is 4.99. The first-order chi connectivity index (χ1) is 7.72. The molecule has 0 unspecified atom stereocenters. The van der Waals surface area contributed by atoms with Crippen LogP contribution in [0.2, 0.25) is 0 Å². The molecule has 0 aliphatic rings. The molecule has 0 saturated carbocycles. The Bertz CT molecular complexity index is 472. The molecule has 2 aromatic rings. The molecule has 3 nitrogen and oxygen atoms in total. The predicted molar refractivity (Wildman–Crippen MR) is 63.5 cm³/mol. The lowest BCUT2D eigenvalue weighted by molar-refractivity contribution is 0.392. The van der Waals surface area contributed by atoms with Crippen LogP contribution in [0.3, 0.4) is 0 Å². The molecular formula is C13H14N2O. The Kier molecular flexibility index (Phi) is 2.86. The van der Waals surface area contributed by atoms with E-state index in [1.165, 1.54) is 11.1 Å². The molecule has 0 amide bonds. The molecule has 1 aromatic heterocycles. The number of aromatic nitrogens is 2. The van der Waals surface area contributed by atoms with E-state index in [4.69, 9.17) is 4.74 Å². The zero-order chi connectivity index (χ0) is 11.5. The van der Waals surface area contributed by atoms with Crippen LogP contribution in [0.25, 0.3) is 11.3 Å². The van der Waals surface area contributed by atoms with Crippen molar-refractivity contribution in [2.75, 3.05) is 7.11 Å². The van der Waals surface area contributed by atoms with Gasteiger partial charge in [-0.1, -0.05) is 18.2 Å². The summed E-state index contributed by atoms with van der Waals surface area (Å²) >= 11 is 0. The molecular weight excluding hydrogens is 200 g/mol. The number of ether oxygens (including phenoxy) is 1. The van der Waals surface area contributed by atoms with E-state index in [2.05, 4.69) is 36.2 Å². The van der Waals surface area contributed by atoms with E-state index in [1.807, 2.05) is 18.2 Å². The Labute approximate surface area is 95.1 Å². The van der Waals surface area contributed by atoms with Crippen LogP contribution < -0.4 is 4.74 Å². The minimum Gasteiger partial charge on any atom is -0.480 e. The summed E-state index contributed by atoms with van der Waals surface area (Å²) in [4.78, 5) is 0. The standard InChI is InChI=1S/C13H14N2O/c1-9-5-4-6-10(2)13(9)11-7-8-12(16-3)15-14-11/h4-8H,1-3H3. The van der Waals surface area contributed by atoms with E-state index in [-0.39, 0.29) is 0 Å². The van der Waals surface area contributed by atoms with Crippen LogP contribution in [0.5, 0.6) is 5.88 Å². The first kappa shape index (κ1) is 10.6. The maximum Gasteiger partial charge on any atom is 0.233 e. The van der Waals surface area contributed by atoms with E-state index in [0.717, 1.165) is 11.3 Å². The molecule has 1 aromatic carbocycles. The van der Waals surface area contributed by atoms with Gasteiger partial charge in [-0.3, -0.25) is 0 Å². The van der Waals surface area contributed by atoms with E-state index in [0.29, 0.717) is 5.88 Å². The third kappa shape index (κ3) is 1.89. The fourth-order valence-electron chi connectivity index (χ4n) is 1.78. The van der Waals surface area contributed by atoms with Crippen molar-refractivity contribution in [1.29, 1.82) is 0 Å². The summed E-state index contributed by atoms with van der Waals surface area (Å²) in [7, 11) is 1.59. The summed E-state index contributed by atoms with van der Waals surface area (Å²) in [5, 5.41) is 8.15. The minimum absolute atomic E-state index is 0.537. The first-order valence-electron chi connectivity index (χ1n) is 5.16. The van der Waals surface area contributed by atoms with E-state index >= 15 is 0 Å². The minimum atomic E-state index is 0.537. The number of benzene rings is 1. The average Bonchev–Trinajstić information content (AvgIpc) is 2.30. The molecule has 0 spiro atoms. The number of rotatable bonds is 2. The SMILES string of the molecule is COc1ccc(-c2c(C)cccc2C)nn1. The maximum absolute atomic E-state index is 4.99. The van der Waals surface area contributed by atoms with Gasteiger partial charge in [0.2, 0.25) is 5.88 Å². The molecule has 0 N–H and O–H groups in total. The highest BCUT2D eigenvalue weighted by molar-refractivity contribution is 5.67. The van der Waals surface area contributed by atoms with Crippen LogP contribution in [0, 0.1) is 13.8 Å². The van der Waals surface area contributed by atoms with Crippen molar-refractivity contribution in [3.05, 3.63) is 41.5 Å². The monoisotopic (exact) mass is 214 g/mol. The van der Waals surface area contributed by atoms with Crippen LogP contribution in [0.1, 0.15) is 11.1 Å². The Balaban J connectivity index is 2.50. The van der Waals surface area contributed by atoms with Gasteiger partial charge in [-0.15, -0.1) is 10.2 Å². The van der Waals surface area contributed by atoms with Gasteiger partial charge in [-0.05, 0) is 31.0 Å². The smallest absolute Gasteiger partial charge is 0.233 e. The molecule has 0 aliphatic carbocycles. The van der Waals surface area contributed by atoms with Crippen molar-refractivity contribution in [1.82, 2.24) is 10.2 Å². The lowest BCUT2D eigenvalue weighted by atomic mass is 10.00. The molecule has 3 heteroatoms. The topological polar surface area (TPSA) is 35.0 Å². The normalized spacial score (nSPS) is 10.2. The average molecular weight is 214 g/mol. The number of aryl methyl sites for hydroxylation is 2. The van der Waals surface area contributed by atoms with Gasteiger partial charge in [0.25, 0.3) is 0 Å². The van der Waals surface area contributed by atoms with Crippen LogP contribution in [0.4, 0.5) is 0 Å². The number of methoxy groups -OCH3 is 1. The van der Waals surface area contributed by atoms with Gasteiger partial charge < -0.3 is 4.74 Å². The molecule has 1 heterocycles. The Hall–Kier alpha value is -1.90. The second kappa shape index (κ2) is 4.31. The molecule has 0 bridgehead atoms. The van der Waals surface area contributed by atoms with Crippen molar-refractivity contribution in [3.8, 4) is 17.1 Å². The summed E-state index contributed by atoms with van der Waals surface area (Å²) in [6.45, 7) is 4.16. The van der Waals surface area contributed by atoms with Crippen LogP contribution in [0.15, 0.2) is 30.3 Å². The van der Waals surface area contributed by atoms with Gasteiger partial charge in [0.15, 0.2) is 0 Å². The van der Waals surface area contributed by atoms with Crippen molar-refractivity contribution in [2.24, 2.45) is 0 Å². The predicted octanol–water partition coefficient (Wildman–Crippen LogP) is 2.77. The number of hydrogen-bond acceptors (Lipinski definition) is 3. The fourth-order valence-corrected chi connectivity index (χ4v) is 1.78. The Morgan fingerprint density at radius 3 is 2.12 bits per heavy atom. The van der Waals surface area contributed by atoms with E-state index in [9.17, 15) is 0 Å². The van der Waals surface area contributed by atoms with Crippen LogP contribution in [-0.4, -0.2) is 17.3 Å². The lowest BCUT2D eigenvalue weighted by Gasteiger charge is -2.08. The van der Waals surface area contributed by atoms with Crippen LogP contribution in [-0.2, 0) is 0 Å². The molecule has 16 heavy (non-hydrogen) atoms. The zero-order valence-electron chi connectivity index (χ0n) is 9.69. The quantitative estimate of drug-likeness (QED) is 0.771. The third-order valence-electron chi connectivity index (χ3n) is 2.59. The third-order valence-corrected chi connectivity index (χ3v) is 2.59. The van der Waals surface area contributed by atoms with Crippen LogP contribution >= 0.6 is 0 Å². The van der Waals surface area contributed by atoms with Crippen molar-refractivity contribution in [2.45, 2.75) is 13.8 Å². The highest BCUT2D eigenvalue weighted by Crippen LogP contribution is 2.25. The highest BCUT2D eigenvalue weighted by Gasteiger charge is 2.07. The van der Waals surface area contributed by atoms with E-state index in [1.54, 1.807) is 7.11 Å². The van der Waals surface area contributed by atoms with Gasteiger partial charge in [-0.2, -0.15) is 0 Å². The molecule has 0 aliphatic heterocycles. The van der Waals surface area contributed by atoms with Crippen molar-refractivity contribution >= 4 is 0 Å². The van der Waals surface area contributed by atoms with Gasteiger partial charge >= 0.3 is 0 Å². The lowest BCUT2D eigenvalue weighted by Crippen LogP contribution is -1.95. The molecule has 2 rings (SSSR count). The highest BCUT2D eigenvalue weighted by atomic mass is 16.5. The number of nitrogens with zero attached hydrogens (tertiary/aromatic N) is 2. The van der Waals surface area contributed by atoms with E-state index < -0.39 is 0 Å². The number of hydrogen-bond donors (Lipinski definition) is 0. The summed E-state index contributed by atoms with van der Waals surface area (Å²) in [5.41, 5.74) is 4.45. The molecule has 0 radical (unpaired) electrons. The Morgan fingerprint density at radius 2 is 1.62 bits per heavy atom. The molecule has 82 valence electrons. The van der Waals surface area contributed by atoms with Gasteiger partial charge in [0.05, 0.1) is 12.8 Å². The van der Waals surface area contributed by atoms with Gasteiger partial charge in [0.1, 0.15) is 0 Å². The van der Waals surface area contributed by atoms with Gasteiger partial charge in [0, 0.05) is 11.6 Å². The largest absolute Gasteiger partial charge is 0.480 e. The van der Waals surface area contributed by atoms with Crippen molar-refractivity contribution in [3.63, 3.8) is 0 Å². The summed E-state index contributed by atoms with van der Waals surface area (Å²) in [6, 6.07) is 9.96. The zero-order valence-corrected chi connectivity index (χ0v) is 9.69. The summed E-state index contributed by atoms with van der Waals surface area (Å²) in [6.07, 6.45) is 0. The molecule has 0 fully saturated rings.